The molecule has 2 aliphatic rings. The zero-order valence-electron chi connectivity index (χ0n) is 19.1. The lowest BCUT2D eigenvalue weighted by atomic mass is 10.1. The first-order valence-corrected chi connectivity index (χ1v) is 12.9. The Kier molecular flexibility index (Phi) is 7.60. The molecule has 4 rings (SSSR count). The molecule has 176 valence electrons. The van der Waals surface area contributed by atoms with Crippen LogP contribution in [0.2, 0.25) is 0 Å². The van der Waals surface area contributed by atoms with E-state index < -0.39 is 10.0 Å². The number of hydrogen-bond acceptors (Lipinski definition) is 5. The molecule has 0 bridgehead atoms. The molecule has 2 aromatic carbocycles. The van der Waals surface area contributed by atoms with Crippen LogP contribution >= 0.6 is 0 Å². The summed E-state index contributed by atoms with van der Waals surface area (Å²) in [6.07, 6.45) is 4.27. The van der Waals surface area contributed by atoms with Crippen molar-refractivity contribution >= 4 is 22.0 Å². The lowest BCUT2D eigenvalue weighted by molar-refractivity contribution is 0.0650. The fraction of sp³-hybridized carbons (Fsp3) is 0.400. The van der Waals surface area contributed by atoms with Crippen LogP contribution in [-0.4, -0.2) is 99.3 Å². The second-order valence-corrected chi connectivity index (χ2v) is 10.6. The summed E-state index contributed by atoms with van der Waals surface area (Å²) in [6.45, 7) is 6.06. The summed E-state index contributed by atoms with van der Waals surface area (Å²) in [4.78, 5) is 19.5. The Labute approximate surface area is 196 Å². The Morgan fingerprint density at radius 2 is 1.58 bits per heavy atom. The molecule has 0 spiro atoms. The van der Waals surface area contributed by atoms with Gasteiger partial charge in [-0.2, -0.15) is 4.31 Å². The smallest absolute Gasteiger partial charge is 0.253 e. The van der Waals surface area contributed by atoms with E-state index >= 15 is 0 Å². The molecule has 7 nitrogen and oxygen atoms in total. The van der Waals surface area contributed by atoms with Crippen molar-refractivity contribution in [2.45, 2.75) is 4.90 Å². The number of benzene rings is 2. The molecule has 0 aliphatic carbocycles. The molecule has 0 radical (unpaired) electrons. The first-order chi connectivity index (χ1) is 15.9. The first kappa shape index (κ1) is 23.6. The number of nitrogens with zero attached hydrogens (tertiary/aromatic N) is 4. The summed E-state index contributed by atoms with van der Waals surface area (Å²) in [6, 6.07) is 16.7. The van der Waals surface area contributed by atoms with Gasteiger partial charge in [0.1, 0.15) is 0 Å². The minimum Gasteiger partial charge on any atom is -0.336 e. The third kappa shape index (κ3) is 5.89. The van der Waals surface area contributed by atoms with Crippen molar-refractivity contribution in [1.29, 1.82) is 0 Å². The van der Waals surface area contributed by atoms with Gasteiger partial charge in [-0.3, -0.25) is 9.69 Å². The number of sulfonamides is 1. The number of carbonyl (C=O) groups is 1. The van der Waals surface area contributed by atoms with Gasteiger partial charge in [-0.05, 0) is 30.8 Å². The number of rotatable bonds is 6. The summed E-state index contributed by atoms with van der Waals surface area (Å²) in [5.74, 6) is -0.107. The summed E-state index contributed by atoms with van der Waals surface area (Å²) in [7, 11) is -1.61. The third-order valence-corrected chi connectivity index (χ3v) is 8.21. The van der Waals surface area contributed by atoms with Crippen LogP contribution in [0.5, 0.6) is 0 Å². The van der Waals surface area contributed by atoms with Crippen LogP contribution in [0.1, 0.15) is 15.9 Å². The van der Waals surface area contributed by atoms with E-state index in [1.165, 1.54) is 15.9 Å². The van der Waals surface area contributed by atoms with Gasteiger partial charge in [-0.1, -0.05) is 48.6 Å². The lowest BCUT2D eigenvalue weighted by Crippen LogP contribution is -2.48. The lowest BCUT2D eigenvalue weighted by Gasteiger charge is -2.34. The van der Waals surface area contributed by atoms with Crippen molar-refractivity contribution in [3.05, 3.63) is 71.8 Å². The van der Waals surface area contributed by atoms with E-state index in [1.807, 2.05) is 30.1 Å². The van der Waals surface area contributed by atoms with Gasteiger partial charge in [-0.25, -0.2) is 8.42 Å². The number of likely N-dealkylation sites (N-methyl/N-ethyl adjacent to an activating group) is 1. The van der Waals surface area contributed by atoms with Crippen LogP contribution < -0.4 is 0 Å². The van der Waals surface area contributed by atoms with E-state index in [1.54, 1.807) is 18.2 Å². The number of hydrogen-bond donors (Lipinski definition) is 0. The van der Waals surface area contributed by atoms with E-state index in [0.717, 1.165) is 19.6 Å². The summed E-state index contributed by atoms with van der Waals surface area (Å²) in [5.41, 5.74) is 1.61. The van der Waals surface area contributed by atoms with Crippen LogP contribution in [0.25, 0.3) is 6.08 Å². The highest BCUT2D eigenvalue weighted by molar-refractivity contribution is 7.89. The molecule has 8 heteroatoms. The average molecular weight is 469 g/mol. The first-order valence-electron chi connectivity index (χ1n) is 11.5. The van der Waals surface area contributed by atoms with Gasteiger partial charge in [0.05, 0.1) is 4.90 Å². The Bertz CT molecular complexity index is 1070. The molecular formula is C25H32N4O3S. The topological polar surface area (TPSA) is 64.2 Å². The highest BCUT2D eigenvalue weighted by atomic mass is 32.2. The molecule has 0 unspecified atom stereocenters. The fourth-order valence-electron chi connectivity index (χ4n) is 4.19. The van der Waals surface area contributed by atoms with Crippen molar-refractivity contribution < 1.29 is 13.2 Å². The molecular weight excluding hydrogens is 436 g/mol. The van der Waals surface area contributed by atoms with Crippen molar-refractivity contribution in [3.63, 3.8) is 0 Å². The van der Waals surface area contributed by atoms with Crippen molar-refractivity contribution in [2.24, 2.45) is 0 Å². The van der Waals surface area contributed by atoms with E-state index in [2.05, 4.69) is 34.1 Å². The zero-order valence-corrected chi connectivity index (χ0v) is 20.0. The van der Waals surface area contributed by atoms with E-state index in [4.69, 9.17) is 0 Å². The molecule has 0 aromatic heterocycles. The quantitative estimate of drug-likeness (QED) is 0.650. The average Bonchev–Trinajstić information content (AvgIpc) is 2.85. The van der Waals surface area contributed by atoms with Crippen LogP contribution in [-0.2, 0) is 10.0 Å². The minimum absolute atomic E-state index is 0.107. The van der Waals surface area contributed by atoms with Gasteiger partial charge in [0.15, 0.2) is 0 Å². The maximum absolute atomic E-state index is 13.1. The highest BCUT2D eigenvalue weighted by Gasteiger charge is 2.29. The van der Waals surface area contributed by atoms with Gasteiger partial charge in [0.25, 0.3) is 5.91 Å². The maximum atomic E-state index is 13.1. The maximum Gasteiger partial charge on any atom is 0.253 e. The van der Waals surface area contributed by atoms with E-state index in [0.29, 0.717) is 44.8 Å². The Hall–Kier alpha value is -2.52. The van der Waals surface area contributed by atoms with Gasteiger partial charge in [0.2, 0.25) is 10.0 Å². The van der Waals surface area contributed by atoms with Gasteiger partial charge in [0, 0.05) is 64.5 Å². The Balaban J connectivity index is 1.34. The van der Waals surface area contributed by atoms with Crippen LogP contribution in [0.4, 0.5) is 0 Å². The number of piperazine rings is 2. The number of amides is 1. The van der Waals surface area contributed by atoms with Crippen molar-refractivity contribution in [1.82, 2.24) is 19.0 Å². The molecule has 0 N–H and O–H groups in total. The molecule has 0 atom stereocenters. The Morgan fingerprint density at radius 3 is 2.27 bits per heavy atom. The van der Waals surface area contributed by atoms with Gasteiger partial charge < -0.3 is 9.80 Å². The summed E-state index contributed by atoms with van der Waals surface area (Å²) < 4.78 is 27.6. The standard InChI is InChI=1S/C25H32N4O3S/c1-26-13-19-29(20-14-26)33(31,32)24-11-5-10-23(21-24)25(30)28-17-15-27(16-18-28)12-6-9-22-7-3-2-4-8-22/h2-11,21H,12-20H2,1H3/b9-6+. The van der Waals surface area contributed by atoms with Crippen LogP contribution in [0.3, 0.4) is 0 Å². The highest BCUT2D eigenvalue weighted by Crippen LogP contribution is 2.20. The third-order valence-electron chi connectivity index (χ3n) is 6.31. The summed E-state index contributed by atoms with van der Waals surface area (Å²) in [5, 5.41) is 0. The molecule has 0 saturated carbocycles. The molecule has 2 heterocycles. The van der Waals surface area contributed by atoms with Crippen LogP contribution in [0, 0.1) is 0 Å². The molecule has 1 amide bonds. The molecule has 2 fully saturated rings. The molecule has 2 aliphatic heterocycles. The minimum atomic E-state index is -3.59. The monoisotopic (exact) mass is 468 g/mol. The SMILES string of the molecule is CN1CCN(S(=O)(=O)c2cccc(C(=O)N3CCN(C/C=C/c4ccccc4)CC3)c2)CC1. The molecule has 2 saturated heterocycles. The predicted molar refractivity (Wildman–Crippen MR) is 131 cm³/mol. The predicted octanol–water partition coefficient (Wildman–Crippen LogP) is 2.09. The van der Waals surface area contributed by atoms with Gasteiger partial charge >= 0.3 is 0 Å². The molecule has 2 aromatic rings. The summed E-state index contributed by atoms with van der Waals surface area (Å²) >= 11 is 0. The zero-order chi connectivity index (χ0) is 23.3. The second-order valence-electron chi connectivity index (χ2n) is 8.64. The van der Waals surface area contributed by atoms with Crippen molar-refractivity contribution in [3.8, 4) is 0 Å². The number of carbonyl (C=O) groups excluding carboxylic acids is 1. The van der Waals surface area contributed by atoms with E-state index in [-0.39, 0.29) is 10.8 Å². The van der Waals surface area contributed by atoms with Gasteiger partial charge in [-0.15, -0.1) is 0 Å². The van der Waals surface area contributed by atoms with Crippen LogP contribution in [0.15, 0.2) is 65.6 Å². The van der Waals surface area contributed by atoms with E-state index in [9.17, 15) is 13.2 Å². The van der Waals surface area contributed by atoms with Crippen molar-refractivity contribution in [2.75, 3.05) is 66.0 Å². The Morgan fingerprint density at radius 1 is 0.879 bits per heavy atom. The molecule has 33 heavy (non-hydrogen) atoms. The second kappa shape index (κ2) is 10.6. The largest absolute Gasteiger partial charge is 0.336 e. The fourth-order valence-corrected chi connectivity index (χ4v) is 5.65. The normalized spacial score (nSPS) is 19.2.